The monoisotopic (exact) mass is 164 g/mol. The van der Waals surface area contributed by atoms with E-state index in [0.717, 1.165) is 0 Å². The van der Waals surface area contributed by atoms with Crippen LogP contribution in [0.1, 0.15) is 0 Å². The van der Waals surface area contributed by atoms with Crippen LogP contribution in [0.2, 0.25) is 0 Å². The SMILES string of the molecule is O=C(O)C[n+]1ccccc1.[MgH2]. The Kier molecular flexibility index (Phi) is 4.81. The molecule has 0 saturated carbocycles. The summed E-state index contributed by atoms with van der Waals surface area (Å²) in [6.07, 6.45) is 3.43. The Hall–Kier alpha value is -0.614. The first-order chi connectivity index (χ1) is 4.79. The van der Waals surface area contributed by atoms with E-state index in [9.17, 15) is 4.79 Å². The van der Waals surface area contributed by atoms with Crippen molar-refractivity contribution in [2.45, 2.75) is 6.54 Å². The van der Waals surface area contributed by atoms with Crippen molar-refractivity contribution >= 4 is 29.0 Å². The summed E-state index contributed by atoms with van der Waals surface area (Å²) < 4.78 is 1.60. The molecule has 1 aromatic rings. The van der Waals surface area contributed by atoms with Crippen LogP contribution in [0.15, 0.2) is 30.6 Å². The molecule has 11 heavy (non-hydrogen) atoms. The Morgan fingerprint density at radius 2 is 1.82 bits per heavy atom. The average Bonchev–Trinajstić information content (AvgIpc) is 1.88. The van der Waals surface area contributed by atoms with Crippen molar-refractivity contribution in [3.8, 4) is 0 Å². The van der Waals surface area contributed by atoms with E-state index in [1.54, 1.807) is 29.1 Å². The maximum Gasteiger partial charge on any atom is 0.370 e. The van der Waals surface area contributed by atoms with E-state index >= 15 is 0 Å². The highest BCUT2D eigenvalue weighted by Gasteiger charge is 2.03. The number of carboxylic acid groups (broad SMARTS) is 1. The Labute approximate surface area is 80.8 Å². The third-order valence-electron chi connectivity index (χ3n) is 1.10. The van der Waals surface area contributed by atoms with Gasteiger partial charge in [-0.2, -0.15) is 4.57 Å². The highest BCUT2D eigenvalue weighted by atomic mass is 24.3. The molecule has 0 radical (unpaired) electrons. The fraction of sp³-hybridized carbons (Fsp3) is 0.143. The number of hydrogen-bond acceptors (Lipinski definition) is 1. The van der Waals surface area contributed by atoms with Crippen LogP contribution >= 0.6 is 0 Å². The fourth-order valence-electron chi connectivity index (χ4n) is 0.696. The van der Waals surface area contributed by atoms with Crippen molar-refractivity contribution in [2.75, 3.05) is 0 Å². The van der Waals surface area contributed by atoms with Crippen molar-refractivity contribution in [3.05, 3.63) is 30.6 Å². The number of carboxylic acids is 1. The second kappa shape index (κ2) is 5.09. The zero-order valence-electron chi connectivity index (χ0n) is 5.40. The smallest absolute Gasteiger partial charge is 0.370 e. The van der Waals surface area contributed by atoms with E-state index in [1.165, 1.54) is 0 Å². The van der Waals surface area contributed by atoms with Crippen LogP contribution < -0.4 is 4.57 Å². The molecule has 0 saturated heterocycles. The predicted octanol–water partition coefficient (Wildman–Crippen LogP) is -0.858. The molecule has 3 nitrogen and oxygen atoms in total. The maximum absolute atomic E-state index is 10.1. The van der Waals surface area contributed by atoms with Crippen LogP contribution in [0.25, 0.3) is 0 Å². The van der Waals surface area contributed by atoms with Crippen molar-refractivity contribution in [2.24, 2.45) is 0 Å². The van der Waals surface area contributed by atoms with Crippen LogP contribution in [0, 0.1) is 0 Å². The molecule has 1 rings (SSSR count). The number of aromatic nitrogens is 1. The normalized spacial score (nSPS) is 8.36. The third kappa shape index (κ3) is 3.95. The van der Waals surface area contributed by atoms with Gasteiger partial charge in [0.2, 0.25) is 6.54 Å². The van der Waals surface area contributed by atoms with Gasteiger partial charge in [0.25, 0.3) is 0 Å². The summed E-state index contributed by atoms with van der Waals surface area (Å²) in [5, 5.41) is 8.35. The van der Waals surface area contributed by atoms with Crippen LogP contribution in [-0.2, 0) is 11.3 Å². The Morgan fingerprint density at radius 3 is 2.27 bits per heavy atom. The third-order valence-corrected chi connectivity index (χ3v) is 1.10. The number of rotatable bonds is 2. The predicted molar refractivity (Wildman–Crippen MR) is 42.8 cm³/mol. The van der Waals surface area contributed by atoms with Crippen molar-refractivity contribution in [3.63, 3.8) is 0 Å². The molecule has 1 aromatic heterocycles. The molecule has 0 aromatic carbocycles. The number of aliphatic carboxylic acids is 1. The van der Waals surface area contributed by atoms with Gasteiger partial charge in [-0.15, -0.1) is 0 Å². The van der Waals surface area contributed by atoms with Crippen molar-refractivity contribution < 1.29 is 14.5 Å². The summed E-state index contributed by atoms with van der Waals surface area (Å²) in [7, 11) is 0. The minimum atomic E-state index is -0.823. The first kappa shape index (κ1) is 10.4. The van der Waals surface area contributed by atoms with Gasteiger partial charge in [0.1, 0.15) is 0 Å². The lowest BCUT2D eigenvalue weighted by Gasteiger charge is -1.87. The first-order valence-electron chi connectivity index (χ1n) is 2.95. The van der Waals surface area contributed by atoms with E-state index in [-0.39, 0.29) is 29.6 Å². The fourth-order valence-corrected chi connectivity index (χ4v) is 0.696. The molecule has 4 heteroatoms. The minimum absolute atomic E-state index is 0. The molecule has 1 heterocycles. The lowest BCUT2D eigenvalue weighted by molar-refractivity contribution is -0.685. The molecule has 0 spiro atoms. The maximum atomic E-state index is 10.1. The molecule has 1 N–H and O–H groups in total. The number of carbonyl (C=O) groups is 1. The van der Waals surface area contributed by atoms with E-state index in [0.29, 0.717) is 0 Å². The standard InChI is InChI=1S/C7H7NO2.Mg.2H/c9-7(10)6-8-4-2-1-3-5-8;;;/h1-5H,6H2;;;/p+1. The zero-order valence-corrected chi connectivity index (χ0v) is 5.40. The Morgan fingerprint density at radius 1 is 1.27 bits per heavy atom. The summed E-state index contributed by atoms with van der Waals surface area (Å²) in [5.74, 6) is -0.823. The largest absolute Gasteiger partial charge is 0.477 e. The quantitative estimate of drug-likeness (QED) is 0.457. The van der Waals surface area contributed by atoms with Crippen LogP contribution in [-0.4, -0.2) is 34.1 Å². The highest BCUT2D eigenvalue weighted by Crippen LogP contribution is 1.76. The van der Waals surface area contributed by atoms with Crippen LogP contribution in [0.4, 0.5) is 0 Å². The molecule has 0 unspecified atom stereocenters. The molecule has 0 aliphatic rings. The van der Waals surface area contributed by atoms with Gasteiger partial charge < -0.3 is 5.11 Å². The second-order valence-corrected chi connectivity index (χ2v) is 1.94. The lowest BCUT2D eigenvalue weighted by Crippen LogP contribution is -2.36. The zero-order chi connectivity index (χ0) is 7.40. The topological polar surface area (TPSA) is 41.2 Å². The molecule has 0 aliphatic heterocycles. The van der Waals surface area contributed by atoms with Gasteiger partial charge in [0.15, 0.2) is 12.4 Å². The van der Waals surface area contributed by atoms with Gasteiger partial charge in [0.05, 0.1) is 0 Å². The van der Waals surface area contributed by atoms with E-state index in [4.69, 9.17) is 5.11 Å². The molecule has 0 bridgehead atoms. The van der Waals surface area contributed by atoms with Gasteiger partial charge in [-0.25, -0.2) is 4.79 Å². The average molecular weight is 164 g/mol. The number of nitrogens with zero attached hydrogens (tertiary/aromatic N) is 1. The molecule has 56 valence electrons. The minimum Gasteiger partial charge on any atom is -0.477 e. The Balaban J connectivity index is 0.000001000. The van der Waals surface area contributed by atoms with Crippen molar-refractivity contribution in [1.29, 1.82) is 0 Å². The molecular formula is C7H10MgNO2+. The summed E-state index contributed by atoms with van der Waals surface area (Å²) in [4.78, 5) is 10.1. The lowest BCUT2D eigenvalue weighted by atomic mass is 10.5. The first-order valence-corrected chi connectivity index (χ1v) is 2.95. The molecule has 0 amide bonds. The molecule has 0 atom stereocenters. The van der Waals surface area contributed by atoms with Gasteiger partial charge in [-0.3, -0.25) is 0 Å². The van der Waals surface area contributed by atoms with E-state index in [1.807, 2.05) is 6.07 Å². The summed E-state index contributed by atoms with van der Waals surface area (Å²) in [6, 6.07) is 5.43. The van der Waals surface area contributed by atoms with Gasteiger partial charge in [-0.1, -0.05) is 6.07 Å². The summed E-state index contributed by atoms with van der Waals surface area (Å²) in [6.45, 7) is 0.0286. The molecular weight excluding hydrogens is 154 g/mol. The van der Waals surface area contributed by atoms with Crippen molar-refractivity contribution in [1.82, 2.24) is 0 Å². The summed E-state index contributed by atoms with van der Waals surface area (Å²) in [5.41, 5.74) is 0. The van der Waals surface area contributed by atoms with Crippen LogP contribution in [0.5, 0.6) is 0 Å². The van der Waals surface area contributed by atoms with Gasteiger partial charge in [0, 0.05) is 12.1 Å². The molecule has 0 fully saturated rings. The summed E-state index contributed by atoms with van der Waals surface area (Å²) >= 11 is 0. The van der Waals surface area contributed by atoms with Gasteiger partial charge in [-0.05, 0) is 0 Å². The molecule has 0 aliphatic carbocycles. The van der Waals surface area contributed by atoms with E-state index in [2.05, 4.69) is 0 Å². The highest BCUT2D eigenvalue weighted by molar-refractivity contribution is 5.75. The van der Waals surface area contributed by atoms with E-state index < -0.39 is 5.97 Å². The van der Waals surface area contributed by atoms with Crippen LogP contribution in [0.3, 0.4) is 0 Å². The number of hydrogen-bond donors (Lipinski definition) is 1. The Bertz CT molecular complexity index is 225. The van der Waals surface area contributed by atoms with Gasteiger partial charge >= 0.3 is 29.0 Å². The second-order valence-electron chi connectivity index (χ2n) is 1.94. The number of pyridine rings is 1.